The van der Waals surface area contributed by atoms with Crippen LogP contribution in [0.15, 0.2) is 20.8 Å². The van der Waals surface area contributed by atoms with Crippen LogP contribution in [0.5, 0.6) is 0 Å². The SMILES string of the molecule is Fc1cc(S)c(S)c(S)c1F. The molecule has 0 aliphatic rings. The molecule has 1 rings (SSSR count). The molecule has 0 atom stereocenters. The Morgan fingerprint density at radius 1 is 1.00 bits per heavy atom. The maximum Gasteiger partial charge on any atom is 0.173 e. The van der Waals surface area contributed by atoms with Gasteiger partial charge in [0.25, 0.3) is 0 Å². The van der Waals surface area contributed by atoms with Crippen molar-refractivity contribution in [1.82, 2.24) is 0 Å². The van der Waals surface area contributed by atoms with E-state index in [1.165, 1.54) is 0 Å². The van der Waals surface area contributed by atoms with Crippen molar-refractivity contribution in [1.29, 1.82) is 0 Å². The third kappa shape index (κ3) is 1.65. The minimum Gasteiger partial charge on any atom is -0.204 e. The number of hydrogen-bond acceptors (Lipinski definition) is 3. The first-order valence-electron chi connectivity index (χ1n) is 2.63. The molecule has 5 heteroatoms. The van der Waals surface area contributed by atoms with Crippen LogP contribution in [-0.4, -0.2) is 0 Å². The van der Waals surface area contributed by atoms with Crippen molar-refractivity contribution < 1.29 is 8.78 Å². The first kappa shape index (κ1) is 9.22. The van der Waals surface area contributed by atoms with E-state index < -0.39 is 11.6 Å². The highest BCUT2D eigenvalue weighted by Gasteiger charge is 2.11. The molecule has 0 heterocycles. The summed E-state index contributed by atoms with van der Waals surface area (Å²) in [7, 11) is 0. The second-order valence-electron chi connectivity index (χ2n) is 1.89. The maximum absolute atomic E-state index is 12.6. The lowest BCUT2D eigenvalue weighted by atomic mass is 10.3. The summed E-state index contributed by atoms with van der Waals surface area (Å²) in [6.07, 6.45) is 0. The van der Waals surface area contributed by atoms with Gasteiger partial charge in [0.1, 0.15) is 0 Å². The van der Waals surface area contributed by atoms with Crippen molar-refractivity contribution in [3.63, 3.8) is 0 Å². The first-order valence-corrected chi connectivity index (χ1v) is 3.97. The van der Waals surface area contributed by atoms with E-state index in [4.69, 9.17) is 0 Å². The molecule has 60 valence electrons. The number of benzene rings is 1. The van der Waals surface area contributed by atoms with E-state index in [2.05, 4.69) is 37.9 Å². The van der Waals surface area contributed by atoms with Gasteiger partial charge in [-0.1, -0.05) is 0 Å². The molecular formula is C6H4F2S3. The van der Waals surface area contributed by atoms with Crippen LogP contribution < -0.4 is 0 Å². The van der Waals surface area contributed by atoms with Crippen molar-refractivity contribution >= 4 is 37.9 Å². The Balaban J connectivity index is 3.46. The minimum absolute atomic E-state index is 0.113. The van der Waals surface area contributed by atoms with Gasteiger partial charge < -0.3 is 0 Å². The molecule has 0 amide bonds. The zero-order valence-corrected chi connectivity index (χ0v) is 7.86. The van der Waals surface area contributed by atoms with Gasteiger partial charge in [-0.3, -0.25) is 0 Å². The fourth-order valence-corrected chi connectivity index (χ4v) is 1.29. The van der Waals surface area contributed by atoms with E-state index in [0.29, 0.717) is 0 Å². The smallest absolute Gasteiger partial charge is 0.173 e. The van der Waals surface area contributed by atoms with Gasteiger partial charge in [-0.2, -0.15) is 0 Å². The third-order valence-corrected chi connectivity index (χ3v) is 2.74. The lowest BCUT2D eigenvalue weighted by Gasteiger charge is -2.03. The Hall–Kier alpha value is 0.130. The molecule has 0 aliphatic carbocycles. The van der Waals surface area contributed by atoms with Crippen LogP contribution in [0.2, 0.25) is 0 Å². The lowest BCUT2D eigenvalue weighted by Crippen LogP contribution is -1.88. The zero-order chi connectivity index (χ0) is 8.59. The number of hydrogen-bond donors (Lipinski definition) is 3. The minimum atomic E-state index is -0.990. The van der Waals surface area contributed by atoms with E-state index in [9.17, 15) is 8.78 Å². The number of halogens is 2. The van der Waals surface area contributed by atoms with E-state index >= 15 is 0 Å². The molecule has 0 nitrogen and oxygen atoms in total. The Morgan fingerprint density at radius 2 is 1.55 bits per heavy atom. The topological polar surface area (TPSA) is 0 Å². The monoisotopic (exact) mass is 210 g/mol. The number of thiol groups is 3. The third-order valence-electron chi connectivity index (χ3n) is 1.15. The van der Waals surface area contributed by atoms with E-state index in [1.54, 1.807) is 0 Å². The van der Waals surface area contributed by atoms with Crippen LogP contribution in [0.1, 0.15) is 0 Å². The Bertz CT molecular complexity index is 272. The van der Waals surface area contributed by atoms with Crippen LogP contribution in [-0.2, 0) is 0 Å². The molecule has 0 aromatic heterocycles. The average Bonchev–Trinajstić information content (AvgIpc) is 1.97. The molecule has 0 bridgehead atoms. The largest absolute Gasteiger partial charge is 0.204 e. The molecule has 0 saturated heterocycles. The molecule has 11 heavy (non-hydrogen) atoms. The number of rotatable bonds is 0. The summed E-state index contributed by atoms with van der Waals surface area (Å²) < 4.78 is 25.2. The Kier molecular flexibility index (Phi) is 2.72. The van der Waals surface area contributed by atoms with Crippen molar-refractivity contribution in [2.45, 2.75) is 14.7 Å². The summed E-state index contributed by atoms with van der Waals surface area (Å²) in [6, 6.07) is 0.959. The summed E-state index contributed by atoms with van der Waals surface area (Å²) in [5, 5.41) is 0. The van der Waals surface area contributed by atoms with Gasteiger partial charge in [-0.05, 0) is 6.07 Å². The summed E-state index contributed by atoms with van der Waals surface area (Å²) in [5.41, 5.74) is 0. The summed E-state index contributed by atoms with van der Waals surface area (Å²) in [5.74, 6) is -1.95. The van der Waals surface area contributed by atoms with E-state index in [-0.39, 0.29) is 14.7 Å². The van der Waals surface area contributed by atoms with Crippen molar-refractivity contribution in [3.05, 3.63) is 17.7 Å². The molecule has 0 fully saturated rings. The van der Waals surface area contributed by atoms with Gasteiger partial charge in [-0.15, -0.1) is 37.9 Å². The van der Waals surface area contributed by atoms with E-state index in [0.717, 1.165) is 6.07 Å². The summed E-state index contributed by atoms with van der Waals surface area (Å²) >= 11 is 11.4. The van der Waals surface area contributed by atoms with Gasteiger partial charge in [0.05, 0.1) is 4.90 Å². The van der Waals surface area contributed by atoms with Crippen LogP contribution in [0.25, 0.3) is 0 Å². The van der Waals surface area contributed by atoms with Gasteiger partial charge in [-0.25, -0.2) is 8.78 Å². The maximum atomic E-state index is 12.6. The quantitative estimate of drug-likeness (QED) is 0.539. The molecule has 0 unspecified atom stereocenters. The first-order chi connectivity index (χ1) is 5.04. The van der Waals surface area contributed by atoms with Crippen molar-refractivity contribution in [2.24, 2.45) is 0 Å². The van der Waals surface area contributed by atoms with Gasteiger partial charge in [0.15, 0.2) is 11.6 Å². The van der Waals surface area contributed by atoms with Crippen LogP contribution >= 0.6 is 37.9 Å². The molecular weight excluding hydrogens is 206 g/mol. The molecule has 0 radical (unpaired) electrons. The summed E-state index contributed by atoms with van der Waals surface area (Å²) in [4.78, 5) is 0.408. The highest BCUT2D eigenvalue weighted by molar-refractivity contribution is 7.85. The predicted molar refractivity (Wildman–Crippen MR) is 48.1 cm³/mol. The van der Waals surface area contributed by atoms with Crippen LogP contribution in [0, 0.1) is 11.6 Å². The van der Waals surface area contributed by atoms with Crippen LogP contribution in [0.3, 0.4) is 0 Å². The molecule has 1 aromatic carbocycles. The highest BCUT2D eigenvalue weighted by Crippen LogP contribution is 2.29. The Morgan fingerprint density at radius 3 is 2.09 bits per heavy atom. The van der Waals surface area contributed by atoms with Gasteiger partial charge in [0, 0.05) is 9.79 Å². The molecule has 0 spiro atoms. The second-order valence-corrected chi connectivity index (χ2v) is 3.26. The van der Waals surface area contributed by atoms with E-state index in [1.807, 2.05) is 0 Å². The van der Waals surface area contributed by atoms with Crippen molar-refractivity contribution in [2.75, 3.05) is 0 Å². The average molecular weight is 210 g/mol. The molecule has 0 N–H and O–H groups in total. The van der Waals surface area contributed by atoms with Crippen molar-refractivity contribution in [3.8, 4) is 0 Å². The normalized spacial score (nSPS) is 10.3. The second kappa shape index (κ2) is 3.25. The molecule has 1 aromatic rings. The predicted octanol–water partition coefficient (Wildman–Crippen LogP) is 2.83. The van der Waals surface area contributed by atoms with Gasteiger partial charge >= 0.3 is 0 Å². The fourth-order valence-electron chi connectivity index (χ4n) is 0.590. The fraction of sp³-hybridized carbons (Fsp3) is 0. The summed E-state index contributed by atoms with van der Waals surface area (Å²) in [6.45, 7) is 0. The molecule has 0 saturated carbocycles. The highest BCUT2D eigenvalue weighted by atomic mass is 32.1. The van der Waals surface area contributed by atoms with Crippen LogP contribution in [0.4, 0.5) is 8.78 Å². The standard InChI is InChI=1S/C6H4F2S3/c7-2-1-3(9)5(10)6(11)4(2)8/h1,9-11H. The lowest BCUT2D eigenvalue weighted by molar-refractivity contribution is 0.482. The zero-order valence-electron chi connectivity index (χ0n) is 5.17. The Labute approximate surface area is 79.2 Å². The van der Waals surface area contributed by atoms with Gasteiger partial charge in [0.2, 0.25) is 0 Å². The molecule has 0 aliphatic heterocycles.